The van der Waals surface area contributed by atoms with E-state index in [9.17, 15) is 9.59 Å². The molecule has 0 fully saturated rings. The Kier molecular flexibility index (Phi) is 4.92. The molecule has 130 valence electrons. The van der Waals surface area contributed by atoms with Gasteiger partial charge < -0.3 is 14.5 Å². The Morgan fingerprint density at radius 2 is 2.00 bits per heavy atom. The van der Waals surface area contributed by atoms with Gasteiger partial charge in [-0.25, -0.2) is 4.79 Å². The monoisotopic (exact) mass is 368 g/mol. The topological polar surface area (TPSA) is 92.3 Å². The number of hydrogen-bond acceptors (Lipinski definition) is 5. The van der Waals surface area contributed by atoms with Crippen LogP contribution in [-0.4, -0.2) is 12.5 Å². The fourth-order valence-electron chi connectivity index (χ4n) is 2.40. The molecule has 26 heavy (non-hydrogen) atoms. The molecule has 0 atom stereocenters. The predicted molar refractivity (Wildman–Crippen MR) is 97.5 cm³/mol. The van der Waals surface area contributed by atoms with E-state index in [0.717, 1.165) is 5.56 Å². The SMILES string of the molecule is Cc1cc(=O)oc2cc(OCC(=O)Nc3ccc(C#N)cc3)c(Cl)cc12. The fraction of sp³-hybridized carbons (Fsp3) is 0.105. The summed E-state index contributed by atoms with van der Waals surface area (Å²) in [7, 11) is 0. The summed E-state index contributed by atoms with van der Waals surface area (Å²) >= 11 is 6.18. The first-order valence-corrected chi connectivity index (χ1v) is 8.01. The normalized spacial score (nSPS) is 10.3. The molecule has 0 saturated heterocycles. The van der Waals surface area contributed by atoms with Crippen molar-refractivity contribution in [2.45, 2.75) is 6.92 Å². The minimum absolute atomic E-state index is 0.239. The Balaban J connectivity index is 1.72. The van der Waals surface area contributed by atoms with Crippen molar-refractivity contribution in [3.8, 4) is 11.8 Å². The fourth-order valence-corrected chi connectivity index (χ4v) is 2.62. The number of hydrogen-bond donors (Lipinski definition) is 1. The standard InChI is InChI=1S/C19H13ClN2O4/c1-11-6-19(24)26-16-8-17(15(20)7-14(11)16)25-10-18(23)22-13-4-2-12(9-21)3-5-13/h2-8H,10H2,1H3,(H,22,23). The van der Waals surface area contributed by atoms with Gasteiger partial charge in [-0.15, -0.1) is 0 Å². The molecule has 3 rings (SSSR count). The molecule has 1 aromatic heterocycles. The molecular weight excluding hydrogens is 356 g/mol. The van der Waals surface area contributed by atoms with E-state index in [1.165, 1.54) is 12.1 Å². The summed E-state index contributed by atoms with van der Waals surface area (Å²) in [6, 6.07) is 12.9. The van der Waals surface area contributed by atoms with Gasteiger partial charge >= 0.3 is 5.63 Å². The number of carbonyl (C=O) groups excluding carboxylic acids is 1. The van der Waals surface area contributed by atoms with Crippen molar-refractivity contribution in [3.63, 3.8) is 0 Å². The number of carbonyl (C=O) groups is 1. The molecule has 1 amide bonds. The third kappa shape index (κ3) is 3.85. The highest BCUT2D eigenvalue weighted by Crippen LogP contribution is 2.31. The largest absolute Gasteiger partial charge is 0.482 e. The van der Waals surface area contributed by atoms with Crippen LogP contribution in [0.1, 0.15) is 11.1 Å². The second kappa shape index (κ2) is 7.30. The van der Waals surface area contributed by atoms with E-state index in [4.69, 9.17) is 26.0 Å². The lowest BCUT2D eigenvalue weighted by molar-refractivity contribution is -0.118. The van der Waals surface area contributed by atoms with Gasteiger partial charge in [-0.3, -0.25) is 4.79 Å². The van der Waals surface area contributed by atoms with Gasteiger partial charge in [-0.2, -0.15) is 5.26 Å². The van der Waals surface area contributed by atoms with Gasteiger partial charge in [0, 0.05) is 23.2 Å². The number of ether oxygens (including phenoxy) is 1. The molecule has 2 aromatic carbocycles. The summed E-state index contributed by atoms with van der Waals surface area (Å²) in [6.07, 6.45) is 0. The Bertz CT molecular complexity index is 1080. The van der Waals surface area contributed by atoms with Gasteiger partial charge in [0.1, 0.15) is 11.3 Å². The molecule has 0 unspecified atom stereocenters. The number of amides is 1. The van der Waals surface area contributed by atoms with E-state index in [2.05, 4.69) is 5.32 Å². The second-order valence-electron chi connectivity index (χ2n) is 5.55. The number of fused-ring (bicyclic) bond motifs is 1. The summed E-state index contributed by atoms with van der Waals surface area (Å²) < 4.78 is 10.6. The van der Waals surface area contributed by atoms with Crippen molar-refractivity contribution in [3.05, 3.63) is 69.0 Å². The number of anilines is 1. The highest BCUT2D eigenvalue weighted by Gasteiger charge is 2.11. The highest BCUT2D eigenvalue weighted by atomic mass is 35.5. The lowest BCUT2D eigenvalue weighted by Gasteiger charge is -2.10. The van der Waals surface area contributed by atoms with Crippen molar-refractivity contribution < 1.29 is 13.9 Å². The van der Waals surface area contributed by atoms with Crippen LogP contribution < -0.4 is 15.7 Å². The summed E-state index contributed by atoms with van der Waals surface area (Å²) in [4.78, 5) is 23.5. The lowest BCUT2D eigenvalue weighted by atomic mass is 10.1. The van der Waals surface area contributed by atoms with Crippen molar-refractivity contribution in [1.29, 1.82) is 5.26 Å². The molecule has 1 N–H and O–H groups in total. The quantitative estimate of drug-likeness (QED) is 0.709. The molecule has 0 spiro atoms. The van der Waals surface area contributed by atoms with E-state index in [-0.39, 0.29) is 12.4 Å². The minimum atomic E-state index is -0.471. The van der Waals surface area contributed by atoms with E-state index in [1.807, 2.05) is 6.07 Å². The number of nitrogens with one attached hydrogen (secondary N) is 1. The van der Waals surface area contributed by atoms with Gasteiger partial charge in [-0.05, 0) is 42.8 Å². The van der Waals surface area contributed by atoms with Gasteiger partial charge in [-0.1, -0.05) is 11.6 Å². The molecule has 6 nitrogen and oxygen atoms in total. The highest BCUT2D eigenvalue weighted by molar-refractivity contribution is 6.32. The Morgan fingerprint density at radius 3 is 2.69 bits per heavy atom. The third-order valence-electron chi connectivity index (χ3n) is 3.66. The van der Waals surface area contributed by atoms with Gasteiger partial charge in [0.2, 0.25) is 0 Å². The van der Waals surface area contributed by atoms with Crippen LogP contribution in [0.3, 0.4) is 0 Å². The molecule has 0 aliphatic rings. The minimum Gasteiger partial charge on any atom is -0.482 e. The predicted octanol–water partition coefficient (Wildman–Crippen LogP) is 3.64. The van der Waals surface area contributed by atoms with Crippen LogP contribution >= 0.6 is 11.6 Å². The molecule has 0 aliphatic heterocycles. The first kappa shape index (κ1) is 17.5. The maximum absolute atomic E-state index is 12.0. The summed E-state index contributed by atoms with van der Waals surface area (Å²) in [5.74, 6) is -0.153. The average molecular weight is 369 g/mol. The zero-order valence-corrected chi connectivity index (χ0v) is 14.5. The Morgan fingerprint density at radius 1 is 1.27 bits per heavy atom. The molecule has 0 bridgehead atoms. The molecule has 0 saturated carbocycles. The zero-order chi connectivity index (χ0) is 18.7. The number of halogens is 1. The number of nitrogens with zero attached hydrogens (tertiary/aromatic N) is 1. The van der Waals surface area contributed by atoms with Crippen molar-refractivity contribution in [2.75, 3.05) is 11.9 Å². The summed E-state index contributed by atoms with van der Waals surface area (Å²) in [5.41, 5.74) is 1.65. The van der Waals surface area contributed by atoms with Crippen LogP contribution in [0.15, 0.2) is 51.7 Å². The number of nitriles is 1. The van der Waals surface area contributed by atoms with Crippen molar-refractivity contribution in [2.24, 2.45) is 0 Å². The first-order valence-electron chi connectivity index (χ1n) is 7.63. The van der Waals surface area contributed by atoms with Crippen LogP contribution in [0.5, 0.6) is 5.75 Å². The molecule has 7 heteroatoms. The number of rotatable bonds is 4. The van der Waals surface area contributed by atoms with Gasteiger partial charge in [0.25, 0.3) is 5.91 Å². The van der Waals surface area contributed by atoms with E-state index >= 15 is 0 Å². The summed E-state index contributed by atoms with van der Waals surface area (Å²) in [5, 5.41) is 12.4. The Labute approximate surface area is 153 Å². The smallest absolute Gasteiger partial charge is 0.336 e. The second-order valence-corrected chi connectivity index (χ2v) is 5.96. The van der Waals surface area contributed by atoms with E-state index < -0.39 is 11.5 Å². The van der Waals surface area contributed by atoms with Crippen LogP contribution in [0.25, 0.3) is 11.0 Å². The molecule has 0 radical (unpaired) electrons. The maximum atomic E-state index is 12.0. The van der Waals surface area contributed by atoms with E-state index in [1.54, 1.807) is 37.3 Å². The van der Waals surface area contributed by atoms with Crippen LogP contribution in [0.2, 0.25) is 5.02 Å². The van der Waals surface area contributed by atoms with Crippen LogP contribution in [0, 0.1) is 18.3 Å². The zero-order valence-electron chi connectivity index (χ0n) is 13.7. The van der Waals surface area contributed by atoms with Crippen LogP contribution in [-0.2, 0) is 4.79 Å². The molecule has 0 aliphatic carbocycles. The summed E-state index contributed by atoms with van der Waals surface area (Å²) in [6.45, 7) is 1.50. The maximum Gasteiger partial charge on any atom is 0.336 e. The first-order chi connectivity index (χ1) is 12.5. The van der Waals surface area contributed by atoms with Crippen molar-refractivity contribution in [1.82, 2.24) is 0 Å². The number of benzene rings is 2. The van der Waals surface area contributed by atoms with Crippen LogP contribution in [0.4, 0.5) is 5.69 Å². The Hall–Kier alpha value is -3.30. The van der Waals surface area contributed by atoms with E-state index in [0.29, 0.717) is 27.2 Å². The van der Waals surface area contributed by atoms with Gasteiger partial charge in [0.15, 0.2) is 6.61 Å². The number of aryl methyl sites for hydroxylation is 1. The molecule has 3 aromatic rings. The average Bonchev–Trinajstić information content (AvgIpc) is 2.61. The lowest BCUT2D eigenvalue weighted by Crippen LogP contribution is -2.20. The van der Waals surface area contributed by atoms with Crippen molar-refractivity contribution >= 4 is 34.2 Å². The van der Waals surface area contributed by atoms with Gasteiger partial charge in [0.05, 0.1) is 16.7 Å². The molecule has 1 heterocycles. The third-order valence-corrected chi connectivity index (χ3v) is 3.96. The molecular formula is C19H13ClN2O4.